The minimum Gasteiger partial charge on any atom is -0.479 e. The Morgan fingerprint density at radius 2 is 1.96 bits per heavy atom. The van der Waals surface area contributed by atoms with Crippen LogP contribution < -0.4 is 4.74 Å². The number of aliphatic hydroxyl groups excluding tert-OH is 1. The Morgan fingerprint density at radius 3 is 2.74 bits per heavy atom. The topological polar surface area (TPSA) is 91.4 Å². The summed E-state index contributed by atoms with van der Waals surface area (Å²) in [4.78, 5) is 2.69. The van der Waals surface area contributed by atoms with Gasteiger partial charge in [-0.25, -0.2) is 0 Å². The van der Waals surface area contributed by atoms with Crippen molar-refractivity contribution < 1.29 is 14.3 Å². The van der Waals surface area contributed by atoms with Crippen LogP contribution in [0, 0.1) is 0 Å². The van der Waals surface area contributed by atoms with E-state index >= 15 is 0 Å². The molecular weight excluding hydrogens is 294 g/mol. The van der Waals surface area contributed by atoms with Gasteiger partial charge >= 0.3 is 0 Å². The van der Waals surface area contributed by atoms with Gasteiger partial charge in [-0.2, -0.15) is 0 Å². The molecule has 1 aromatic heterocycles. The maximum absolute atomic E-state index is 10.4. The molecule has 0 aliphatic rings. The van der Waals surface area contributed by atoms with E-state index in [0.717, 1.165) is 10.9 Å². The highest BCUT2D eigenvalue weighted by molar-refractivity contribution is 5.82. The van der Waals surface area contributed by atoms with E-state index in [0.29, 0.717) is 11.3 Å². The van der Waals surface area contributed by atoms with E-state index < -0.39 is 12.2 Å². The van der Waals surface area contributed by atoms with E-state index in [1.165, 1.54) is 0 Å². The molecule has 0 bridgehead atoms. The van der Waals surface area contributed by atoms with Crippen molar-refractivity contribution in [3.63, 3.8) is 0 Å². The number of furan rings is 1. The van der Waals surface area contributed by atoms with Crippen molar-refractivity contribution >= 4 is 11.0 Å². The van der Waals surface area contributed by atoms with Crippen molar-refractivity contribution in [1.29, 1.82) is 0 Å². The second-order valence-corrected chi connectivity index (χ2v) is 5.03. The highest BCUT2D eigenvalue weighted by Gasteiger charge is 2.23. The van der Waals surface area contributed by atoms with E-state index in [2.05, 4.69) is 10.0 Å². The number of azide groups is 1. The largest absolute Gasteiger partial charge is 0.479 e. The van der Waals surface area contributed by atoms with Crippen LogP contribution in [0.3, 0.4) is 0 Å². The Bertz CT molecular complexity index is 825. The van der Waals surface area contributed by atoms with Crippen molar-refractivity contribution in [2.75, 3.05) is 6.54 Å². The lowest BCUT2D eigenvalue weighted by molar-refractivity contribution is 0.0418. The molecule has 3 aromatic rings. The minimum absolute atomic E-state index is 0.0792. The molecule has 3 rings (SSSR count). The van der Waals surface area contributed by atoms with Gasteiger partial charge in [0, 0.05) is 10.3 Å². The number of rotatable bonds is 6. The van der Waals surface area contributed by atoms with Crippen LogP contribution in [0.5, 0.6) is 5.75 Å². The molecule has 2 aromatic carbocycles. The summed E-state index contributed by atoms with van der Waals surface area (Å²) in [6, 6.07) is 16.7. The maximum atomic E-state index is 10.4. The number of fused-ring (bicyclic) bond motifs is 1. The zero-order valence-electron chi connectivity index (χ0n) is 12.2. The summed E-state index contributed by atoms with van der Waals surface area (Å²) in [5.74, 6) is 0.529. The van der Waals surface area contributed by atoms with Crippen LogP contribution in [0.25, 0.3) is 21.4 Å². The third-order valence-corrected chi connectivity index (χ3v) is 3.51. The molecule has 0 spiro atoms. The molecule has 1 N–H and O–H groups in total. The predicted molar refractivity (Wildman–Crippen MR) is 86.0 cm³/mol. The highest BCUT2D eigenvalue weighted by atomic mass is 16.5. The van der Waals surface area contributed by atoms with E-state index in [9.17, 15) is 5.11 Å². The average molecular weight is 309 g/mol. The Labute approximate surface area is 132 Å². The lowest BCUT2D eigenvalue weighted by Crippen LogP contribution is -2.26. The van der Waals surface area contributed by atoms with Gasteiger partial charge in [0.15, 0.2) is 11.3 Å². The van der Waals surface area contributed by atoms with Crippen molar-refractivity contribution in [2.45, 2.75) is 12.2 Å². The molecule has 2 atom stereocenters. The van der Waals surface area contributed by atoms with Crippen molar-refractivity contribution in [3.8, 4) is 5.75 Å². The van der Waals surface area contributed by atoms with Crippen LogP contribution in [0.1, 0.15) is 11.7 Å². The van der Waals surface area contributed by atoms with Gasteiger partial charge in [-0.3, -0.25) is 0 Å². The third-order valence-electron chi connectivity index (χ3n) is 3.51. The van der Waals surface area contributed by atoms with Gasteiger partial charge in [0.05, 0.1) is 12.8 Å². The fourth-order valence-electron chi connectivity index (χ4n) is 2.42. The van der Waals surface area contributed by atoms with Gasteiger partial charge in [-0.05, 0) is 23.2 Å². The molecule has 0 amide bonds. The van der Waals surface area contributed by atoms with Gasteiger partial charge in [-0.15, -0.1) is 0 Å². The molecule has 0 radical (unpaired) electrons. The second-order valence-electron chi connectivity index (χ2n) is 5.03. The first-order chi connectivity index (χ1) is 11.3. The Kier molecular flexibility index (Phi) is 4.47. The summed E-state index contributed by atoms with van der Waals surface area (Å²) in [6.45, 7) is -0.0792. The smallest absolute Gasteiger partial charge is 0.175 e. The molecule has 116 valence electrons. The van der Waals surface area contributed by atoms with Crippen molar-refractivity contribution in [2.24, 2.45) is 5.11 Å². The average Bonchev–Trinajstić information content (AvgIpc) is 3.07. The number of hydrogen-bond donors (Lipinski definition) is 1. The van der Waals surface area contributed by atoms with Crippen LogP contribution >= 0.6 is 0 Å². The molecule has 0 saturated carbocycles. The molecule has 6 heteroatoms. The fourth-order valence-corrected chi connectivity index (χ4v) is 2.42. The quantitative estimate of drug-likeness (QED) is 0.419. The molecular formula is C17H15N3O3. The summed E-state index contributed by atoms with van der Waals surface area (Å²) >= 11 is 0. The van der Waals surface area contributed by atoms with Crippen LogP contribution in [0.2, 0.25) is 0 Å². The monoisotopic (exact) mass is 309 g/mol. The lowest BCUT2D eigenvalue weighted by Gasteiger charge is -2.23. The van der Waals surface area contributed by atoms with E-state index in [4.69, 9.17) is 14.7 Å². The standard InChI is InChI=1S/C17H15N3O3/c18-20-19-11-14(21)16(12-5-2-1-3-6-12)23-15-8-4-7-13-9-10-22-17(13)15/h1-10,14,16,21H,11H2. The molecule has 0 saturated heterocycles. The number of benzene rings is 2. The van der Waals surface area contributed by atoms with Crippen molar-refractivity contribution in [3.05, 3.63) is 76.9 Å². The predicted octanol–water partition coefficient (Wildman–Crippen LogP) is 4.22. The zero-order valence-corrected chi connectivity index (χ0v) is 12.2. The van der Waals surface area contributed by atoms with Gasteiger partial charge < -0.3 is 14.3 Å². The number of hydrogen-bond acceptors (Lipinski definition) is 4. The molecule has 2 unspecified atom stereocenters. The summed E-state index contributed by atoms with van der Waals surface area (Å²) in [7, 11) is 0. The number of nitrogens with zero attached hydrogens (tertiary/aromatic N) is 3. The van der Waals surface area contributed by atoms with Crippen molar-refractivity contribution in [1.82, 2.24) is 0 Å². The van der Waals surface area contributed by atoms with E-state index in [-0.39, 0.29) is 6.54 Å². The second kappa shape index (κ2) is 6.87. The third kappa shape index (κ3) is 3.29. The lowest BCUT2D eigenvalue weighted by atomic mass is 10.0. The van der Waals surface area contributed by atoms with Gasteiger partial charge in [0.1, 0.15) is 12.2 Å². The summed E-state index contributed by atoms with van der Waals surface area (Å²) < 4.78 is 11.5. The molecule has 0 aliphatic carbocycles. The number of para-hydroxylation sites is 1. The minimum atomic E-state index is -0.974. The highest BCUT2D eigenvalue weighted by Crippen LogP contribution is 2.31. The Hall–Kier alpha value is -2.95. The Morgan fingerprint density at radius 1 is 1.13 bits per heavy atom. The summed E-state index contributed by atoms with van der Waals surface area (Å²) in [6.07, 6.45) is -0.0539. The van der Waals surface area contributed by atoms with E-state index in [1.807, 2.05) is 48.5 Å². The first-order valence-electron chi connectivity index (χ1n) is 7.16. The van der Waals surface area contributed by atoms with Gasteiger partial charge in [0.2, 0.25) is 0 Å². The summed E-state index contributed by atoms with van der Waals surface area (Å²) in [5.41, 5.74) is 9.87. The first kappa shape index (κ1) is 15.0. The molecule has 6 nitrogen and oxygen atoms in total. The van der Waals surface area contributed by atoms with E-state index in [1.54, 1.807) is 12.3 Å². The SMILES string of the molecule is [N-]=[N+]=NCC(O)C(Oc1cccc2ccoc12)c1ccccc1. The van der Waals surface area contributed by atoms with Crippen LogP contribution in [0.4, 0.5) is 0 Å². The van der Waals surface area contributed by atoms with Crippen LogP contribution in [-0.4, -0.2) is 17.8 Å². The summed E-state index contributed by atoms with van der Waals surface area (Å²) in [5, 5.41) is 14.7. The Balaban J connectivity index is 1.95. The van der Waals surface area contributed by atoms with Gasteiger partial charge in [0.25, 0.3) is 0 Å². The number of aliphatic hydroxyl groups is 1. The molecule has 1 heterocycles. The molecule has 0 fully saturated rings. The normalized spacial score (nSPS) is 13.3. The van der Waals surface area contributed by atoms with Crippen LogP contribution in [0.15, 0.2) is 70.4 Å². The number of ether oxygens (including phenoxy) is 1. The molecule has 0 aliphatic heterocycles. The van der Waals surface area contributed by atoms with Gasteiger partial charge in [-0.1, -0.05) is 47.6 Å². The molecule has 23 heavy (non-hydrogen) atoms. The zero-order chi connectivity index (χ0) is 16.1. The fraction of sp³-hybridized carbons (Fsp3) is 0.176. The maximum Gasteiger partial charge on any atom is 0.175 e. The first-order valence-corrected chi connectivity index (χ1v) is 7.16. The van der Waals surface area contributed by atoms with Crippen LogP contribution in [-0.2, 0) is 0 Å².